The summed E-state index contributed by atoms with van der Waals surface area (Å²) in [5.74, 6) is 1.32. The first kappa shape index (κ1) is 24.6. The Morgan fingerprint density at radius 2 is 1.58 bits per heavy atom. The molecule has 0 aromatic carbocycles. The molecule has 5 aliphatic rings. The number of rotatable bonds is 3. The summed E-state index contributed by atoms with van der Waals surface area (Å²) in [6.07, 6.45) is 16.4. The fourth-order valence-electron chi connectivity index (χ4n) is 6.20. The maximum absolute atomic E-state index is 13.7. The van der Waals surface area contributed by atoms with Crippen molar-refractivity contribution < 1.29 is 9.90 Å². The molecule has 0 aliphatic heterocycles. The molecule has 2 atom stereocenters. The van der Waals surface area contributed by atoms with Crippen molar-refractivity contribution in [2.75, 3.05) is 0 Å². The van der Waals surface area contributed by atoms with Crippen LogP contribution in [0.2, 0.25) is 0 Å². The van der Waals surface area contributed by atoms with Crippen molar-refractivity contribution in [2.45, 2.75) is 61.8 Å². The van der Waals surface area contributed by atoms with Gasteiger partial charge in [-0.1, -0.05) is 81.6 Å². The Labute approximate surface area is 216 Å². The smallest absolute Gasteiger partial charge is 0.193 e. The topological polar surface area (TPSA) is 40.1 Å². The lowest BCUT2D eigenvalue weighted by atomic mass is 9.77. The van der Waals surface area contributed by atoms with Crippen LogP contribution in [0.1, 0.15) is 61.8 Å². The Bertz CT molecular complexity index is 1400. The summed E-state index contributed by atoms with van der Waals surface area (Å²) in [5, 5.41) is 13.7. The van der Waals surface area contributed by atoms with E-state index in [9.17, 15) is 9.90 Å². The van der Waals surface area contributed by atoms with Gasteiger partial charge in [-0.25, -0.2) is 0 Å². The minimum atomic E-state index is -0.105. The van der Waals surface area contributed by atoms with Crippen molar-refractivity contribution in [3.05, 3.63) is 115 Å². The van der Waals surface area contributed by atoms with Gasteiger partial charge < -0.3 is 5.11 Å². The molecule has 0 radical (unpaired) electrons. The summed E-state index contributed by atoms with van der Waals surface area (Å²) in [7, 11) is 0. The minimum Gasteiger partial charge on any atom is -0.871 e. The first-order chi connectivity index (χ1) is 17.0. The number of allylic oxidation sites excluding steroid dienone is 19. The van der Waals surface area contributed by atoms with Crippen LogP contribution in [-0.2, 0) is 4.79 Å². The highest BCUT2D eigenvalue weighted by atomic mass is 16.3. The van der Waals surface area contributed by atoms with Crippen LogP contribution in [0.5, 0.6) is 0 Å². The maximum atomic E-state index is 13.7. The largest absolute Gasteiger partial charge is 0.871 e. The summed E-state index contributed by atoms with van der Waals surface area (Å²) in [6, 6.07) is 0. The van der Waals surface area contributed by atoms with E-state index in [0.29, 0.717) is 28.9 Å². The lowest BCUT2D eigenvalue weighted by Crippen LogP contribution is -2.32. The normalized spacial score (nSPS) is 28.1. The number of fused-ring (bicyclic) bond motifs is 2. The van der Waals surface area contributed by atoms with E-state index in [2.05, 4.69) is 97.9 Å². The van der Waals surface area contributed by atoms with Crippen LogP contribution in [0.3, 0.4) is 0 Å². The standard InChI is InChI=1S/C34H38O2/c1-17(2)23-11-9-19(5)29-25(15-23)21(7)13-27(29)31-33(35)32(34(31)36)28-14-22(8)26-16-24(18(3)4)12-10-20(6)30(26)28/h9-11,13-18,24-25,35H,12H2,1-8H3/p-1/b31-27+. The van der Waals surface area contributed by atoms with Gasteiger partial charge in [0, 0.05) is 17.1 Å². The molecule has 2 heteroatoms. The summed E-state index contributed by atoms with van der Waals surface area (Å²) < 4.78 is 0. The van der Waals surface area contributed by atoms with E-state index >= 15 is 0 Å². The van der Waals surface area contributed by atoms with Crippen molar-refractivity contribution in [3.63, 3.8) is 0 Å². The number of Topliss-reactive ketones (excluding diaryl/α,β-unsaturated/α-hetero) is 1. The molecule has 0 saturated carbocycles. The Hall–Kier alpha value is -3.13. The van der Waals surface area contributed by atoms with Crippen LogP contribution in [0, 0.1) is 23.7 Å². The van der Waals surface area contributed by atoms with Crippen LogP contribution in [0.4, 0.5) is 0 Å². The molecule has 0 fully saturated rings. The van der Waals surface area contributed by atoms with Gasteiger partial charge in [-0.15, -0.1) is 0 Å². The highest BCUT2D eigenvalue weighted by Gasteiger charge is 2.39. The van der Waals surface area contributed by atoms with Gasteiger partial charge in [0.05, 0.1) is 0 Å². The van der Waals surface area contributed by atoms with E-state index in [4.69, 9.17) is 0 Å². The van der Waals surface area contributed by atoms with Crippen molar-refractivity contribution in [2.24, 2.45) is 23.7 Å². The molecule has 2 nitrogen and oxygen atoms in total. The van der Waals surface area contributed by atoms with Crippen molar-refractivity contribution in [1.82, 2.24) is 0 Å². The third-order valence-corrected chi connectivity index (χ3v) is 8.54. The third kappa shape index (κ3) is 3.65. The van der Waals surface area contributed by atoms with Gasteiger partial charge in [-0.2, -0.15) is 0 Å². The fourth-order valence-corrected chi connectivity index (χ4v) is 6.20. The van der Waals surface area contributed by atoms with Gasteiger partial charge in [0.25, 0.3) is 0 Å². The summed E-state index contributed by atoms with van der Waals surface area (Å²) in [4.78, 5) is 13.7. The van der Waals surface area contributed by atoms with Gasteiger partial charge in [-0.05, 0) is 102 Å². The average molecular weight is 478 g/mol. The second-order valence-corrected chi connectivity index (χ2v) is 11.7. The van der Waals surface area contributed by atoms with Gasteiger partial charge in [0.2, 0.25) is 0 Å². The minimum absolute atomic E-state index is 0.105. The monoisotopic (exact) mass is 477 g/mol. The van der Waals surface area contributed by atoms with E-state index in [0.717, 1.165) is 45.4 Å². The molecule has 0 amide bonds. The molecule has 5 rings (SSSR count). The number of carbonyl (C=O) groups excluding carboxylic acids is 1. The average Bonchev–Trinajstić information content (AvgIpc) is 3.11. The molecule has 0 heterocycles. The van der Waals surface area contributed by atoms with Gasteiger partial charge in [0.15, 0.2) is 5.78 Å². The number of carbonyl (C=O) groups is 1. The van der Waals surface area contributed by atoms with E-state index < -0.39 is 0 Å². The lowest BCUT2D eigenvalue weighted by molar-refractivity contribution is -0.300. The molecule has 0 aromatic rings. The molecule has 36 heavy (non-hydrogen) atoms. The molecular formula is C34H37O2-. The predicted octanol–water partition coefficient (Wildman–Crippen LogP) is 7.33. The van der Waals surface area contributed by atoms with E-state index in [1.165, 1.54) is 16.7 Å². The molecule has 2 unspecified atom stereocenters. The van der Waals surface area contributed by atoms with Crippen LogP contribution in [0.15, 0.2) is 115 Å². The van der Waals surface area contributed by atoms with Gasteiger partial charge in [0.1, 0.15) is 0 Å². The third-order valence-electron chi connectivity index (χ3n) is 8.54. The number of ketones is 1. The molecule has 0 saturated heterocycles. The fraction of sp³-hybridized carbons (Fsp3) is 0.382. The Morgan fingerprint density at radius 3 is 2.22 bits per heavy atom. The highest BCUT2D eigenvalue weighted by molar-refractivity contribution is 6.23. The zero-order valence-electron chi connectivity index (χ0n) is 22.9. The van der Waals surface area contributed by atoms with Crippen molar-refractivity contribution >= 4 is 5.78 Å². The summed E-state index contributed by atoms with van der Waals surface area (Å²) in [5.41, 5.74) is 11.7. The summed E-state index contributed by atoms with van der Waals surface area (Å²) >= 11 is 0. The number of hydrogen-bond donors (Lipinski definition) is 0. The lowest BCUT2D eigenvalue weighted by Gasteiger charge is -2.33. The molecule has 0 N–H and O–H groups in total. The van der Waals surface area contributed by atoms with Crippen LogP contribution < -0.4 is 5.11 Å². The maximum Gasteiger partial charge on any atom is 0.193 e. The van der Waals surface area contributed by atoms with Crippen molar-refractivity contribution in [1.29, 1.82) is 0 Å². The van der Waals surface area contributed by atoms with Crippen LogP contribution in [0.25, 0.3) is 0 Å². The molecule has 0 aromatic heterocycles. The van der Waals surface area contributed by atoms with Crippen LogP contribution >= 0.6 is 0 Å². The molecule has 186 valence electrons. The van der Waals surface area contributed by atoms with Gasteiger partial charge in [-0.3, -0.25) is 4.79 Å². The van der Waals surface area contributed by atoms with Crippen LogP contribution in [-0.4, -0.2) is 5.78 Å². The predicted molar refractivity (Wildman–Crippen MR) is 147 cm³/mol. The zero-order chi connectivity index (χ0) is 26.0. The van der Waals surface area contributed by atoms with Crippen molar-refractivity contribution in [3.8, 4) is 0 Å². The first-order valence-electron chi connectivity index (χ1n) is 13.3. The van der Waals surface area contributed by atoms with E-state index in [1.54, 1.807) is 0 Å². The zero-order valence-corrected chi connectivity index (χ0v) is 22.9. The second-order valence-electron chi connectivity index (χ2n) is 11.7. The second kappa shape index (κ2) is 8.76. The Kier molecular flexibility index (Phi) is 5.98. The molecule has 0 bridgehead atoms. The molecule has 0 spiro atoms. The van der Waals surface area contributed by atoms with E-state index in [1.807, 2.05) is 0 Å². The number of hydrogen-bond acceptors (Lipinski definition) is 2. The molecular weight excluding hydrogens is 440 g/mol. The first-order valence-corrected chi connectivity index (χ1v) is 13.3. The Balaban J connectivity index is 1.65. The molecule has 5 aliphatic carbocycles. The SMILES string of the molecule is CC1=CC(C2=C([O-])/C(=C3/C=C(C)C4C=C(C(C)C)C=CC(C)=C34)C2=O)=C2C(C)=CCC(C(C)C)C=C12. The quantitative estimate of drug-likeness (QED) is 0.399. The van der Waals surface area contributed by atoms with Gasteiger partial charge >= 0.3 is 0 Å². The highest BCUT2D eigenvalue weighted by Crippen LogP contribution is 2.50. The van der Waals surface area contributed by atoms with E-state index in [-0.39, 0.29) is 17.5 Å². The summed E-state index contributed by atoms with van der Waals surface area (Å²) in [6.45, 7) is 17.3. The Morgan fingerprint density at radius 1 is 0.861 bits per heavy atom.